The second kappa shape index (κ2) is 5.25. The molecule has 3 aromatic rings. The van der Waals surface area contributed by atoms with E-state index in [0.29, 0.717) is 10.9 Å². The highest BCUT2D eigenvalue weighted by Crippen LogP contribution is 2.24. The van der Waals surface area contributed by atoms with E-state index in [9.17, 15) is 9.90 Å². The Morgan fingerprint density at radius 2 is 1.81 bits per heavy atom. The number of aliphatic imine (C=N–C) groups is 1. The first kappa shape index (κ1) is 13.1. The van der Waals surface area contributed by atoms with Crippen LogP contribution in [0, 0.1) is 6.92 Å². The van der Waals surface area contributed by atoms with Crippen molar-refractivity contribution in [3.8, 4) is 5.75 Å². The average molecular weight is 278 g/mol. The van der Waals surface area contributed by atoms with Gasteiger partial charge in [0.25, 0.3) is 5.56 Å². The van der Waals surface area contributed by atoms with Gasteiger partial charge in [0, 0.05) is 11.6 Å². The van der Waals surface area contributed by atoms with Crippen molar-refractivity contribution in [2.45, 2.75) is 6.92 Å². The number of para-hydroxylation sites is 2. The van der Waals surface area contributed by atoms with Crippen LogP contribution in [0.15, 0.2) is 58.3 Å². The first-order chi connectivity index (χ1) is 10.2. The second-order valence-electron chi connectivity index (χ2n) is 4.81. The summed E-state index contributed by atoms with van der Waals surface area (Å²) in [4.78, 5) is 19.1. The lowest BCUT2D eigenvalue weighted by Crippen LogP contribution is -2.12. The number of rotatable bonds is 2. The number of aromatic hydroxyl groups is 1. The lowest BCUT2D eigenvalue weighted by Gasteiger charge is -2.04. The number of nitrogens with zero attached hydrogens (tertiary/aromatic N) is 1. The molecule has 1 aromatic heterocycles. The van der Waals surface area contributed by atoms with Gasteiger partial charge in [-0.2, -0.15) is 0 Å². The Morgan fingerprint density at radius 1 is 1.10 bits per heavy atom. The first-order valence-corrected chi connectivity index (χ1v) is 6.60. The van der Waals surface area contributed by atoms with E-state index in [2.05, 4.69) is 9.98 Å². The SMILES string of the molecule is Cc1ccccc1N=Cc1c(O)c2ccccc2[nH]c1=O. The van der Waals surface area contributed by atoms with E-state index in [-0.39, 0.29) is 16.9 Å². The van der Waals surface area contributed by atoms with E-state index in [0.717, 1.165) is 11.3 Å². The molecule has 0 fully saturated rings. The number of fused-ring (bicyclic) bond motifs is 1. The van der Waals surface area contributed by atoms with Crippen LogP contribution in [0.5, 0.6) is 5.75 Å². The Hall–Kier alpha value is -2.88. The van der Waals surface area contributed by atoms with Crippen LogP contribution in [-0.4, -0.2) is 16.3 Å². The molecule has 1 heterocycles. The smallest absolute Gasteiger partial charge is 0.261 e. The lowest BCUT2D eigenvalue weighted by atomic mass is 10.1. The molecular weight excluding hydrogens is 264 g/mol. The van der Waals surface area contributed by atoms with Crippen molar-refractivity contribution in [3.63, 3.8) is 0 Å². The molecule has 0 saturated carbocycles. The highest BCUT2D eigenvalue weighted by atomic mass is 16.3. The van der Waals surface area contributed by atoms with Crippen LogP contribution in [-0.2, 0) is 0 Å². The van der Waals surface area contributed by atoms with Gasteiger partial charge >= 0.3 is 0 Å². The number of nitrogens with one attached hydrogen (secondary N) is 1. The predicted octanol–water partition coefficient (Wildman–Crippen LogP) is 3.29. The molecule has 0 radical (unpaired) electrons. The number of hydrogen-bond donors (Lipinski definition) is 2. The molecule has 104 valence electrons. The van der Waals surface area contributed by atoms with Gasteiger partial charge in [0.1, 0.15) is 11.3 Å². The fourth-order valence-electron chi connectivity index (χ4n) is 2.20. The van der Waals surface area contributed by atoms with Crippen molar-refractivity contribution in [2.24, 2.45) is 4.99 Å². The highest BCUT2D eigenvalue weighted by Gasteiger charge is 2.09. The molecule has 4 heteroatoms. The molecule has 3 rings (SSSR count). The fourth-order valence-corrected chi connectivity index (χ4v) is 2.20. The summed E-state index contributed by atoms with van der Waals surface area (Å²) in [5, 5.41) is 10.9. The minimum atomic E-state index is -0.358. The van der Waals surface area contributed by atoms with Crippen molar-refractivity contribution < 1.29 is 5.11 Å². The molecule has 0 bridgehead atoms. The summed E-state index contributed by atoms with van der Waals surface area (Å²) in [5.74, 6) is -0.0494. The summed E-state index contributed by atoms with van der Waals surface area (Å²) in [6.45, 7) is 1.94. The molecule has 0 aliphatic rings. The van der Waals surface area contributed by atoms with E-state index in [1.54, 1.807) is 18.2 Å². The molecule has 0 unspecified atom stereocenters. The highest BCUT2D eigenvalue weighted by molar-refractivity contribution is 5.95. The van der Waals surface area contributed by atoms with E-state index >= 15 is 0 Å². The van der Waals surface area contributed by atoms with E-state index in [4.69, 9.17) is 0 Å². The summed E-state index contributed by atoms with van der Waals surface area (Å²) in [7, 11) is 0. The van der Waals surface area contributed by atoms with Crippen molar-refractivity contribution in [2.75, 3.05) is 0 Å². The largest absolute Gasteiger partial charge is 0.506 e. The molecule has 0 aliphatic carbocycles. The molecule has 2 aromatic carbocycles. The maximum Gasteiger partial charge on any atom is 0.261 e. The summed E-state index contributed by atoms with van der Waals surface area (Å²) in [6, 6.07) is 14.7. The van der Waals surface area contributed by atoms with Crippen molar-refractivity contribution in [1.82, 2.24) is 4.98 Å². The Labute approximate surface area is 121 Å². The third-order valence-electron chi connectivity index (χ3n) is 3.38. The monoisotopic (exact) mass is 278 g/mol. The quantitative estimate of drug-likeness (QED) is 0.706. The number of pyridine rings is 1. The van der Waals surface area contributed by atoms with Gasteiger partial charge in [0.05, 0.1) is 11.2 Å². The zero-order valence-corrected chi connectivity index (χ0v) is 11.5. The fraction of sp³-hybridized carbons (Fsp3) is 0.0588. The van der Waals surface area contributed by atoms with Crippen LogP contribution >= 0.6 is 0 Å². The van der Waals surface area contributed by atoms with Crippen LogP contribution in [0.1, 0.15) is 11.1 Å². The van der Waals surface area contributed by atoms with Crippen LogP contribution in [0.4, 0.5) is 5.69 Å². The normalized spacial score (nSPS) is 11.3. The Kier molecular flexibility index (Phi) is 3.28. The van der Waals surface area contributed by atoms with Gasteiger partial charge < -0.3 is 10.1 Å². The Bertz CT molecular complexity index is 895. The molecule has 0 aliphatic heterocycles. The van der Waals surface area contributed by atoms with Gasteiger partial charge in [-0.3, -0.25) is 9.79 Å². The maximum absolute atomic E-state index is 12.1. The Balaban J connectivity index is 2.13. The summed E-state index contributed by atoms with van der Waals surface area (Å²) in [5.41, 5.74) is 2.18. The number of aromatic nitrogens is 1. The van der Waals surface area contributed by atoms with E-state index < -0.39 is 0 Å². The van der Waals surface area contributed by atoms with Crippen molar-refractivity contribution in [1.29, 1.82) is 0 Å². The standard InChI is InChI=1S/C17H14N2O2/c1-11-6-2-4-8-14(11)18-10-13-16(20)12-7-3-5-9-15(12)19-17(13)21/h2-10H,1H3,(H2,19,20,21). The van der Waals surface area contributed by atoms with Crippen molar-refractivity contribution in [3.05, 3.63) is 70.0 Å². The molecule has 0 spiro atoms. The minimum Gasteiger partial charge on any atom is -0.506 e. The molecule has 21 heavy (non-hydrogen) atoms. The molecule has 2 N–H and O–H groups in total. The second-order valence-corrected chi connectivity index (χ2v) is 4.81. The topological polar surface area (TPSA) is 65.5 Å². The van der Waals surface area contributed by atoms with Crippen LogP contribution in [0.25, 0.3) is 10.9 Å². The Morgan fingerprint density at radius 3 is 2.62 bits per heavy atom. The third-order valence-corrected chi connectivity index (χ3v) is 3.38. The maximum atomic E-state index is 12.1. The zero-order valence-electron chi connectivity index (χ0n) is 11.5. The summed E-state index contributed by atoms with van der Waals surface area (Å²) in [6.07, 6.45) is 1.41. The number of H-pyrrole nitrogens is 1. The first-order valence-electron chi connectivity index (χ1n) is 6.60. The summed E-state index contributed by atoms with van der Waals surface area (Å²) >= 11 is 0. The third kappa shape index (κ3) is 2.43. The van der Waals surface area contributed by atoms with E-state index in [1.807, 2.05) is 37.3 Å². The lowest BCUT2D eigenvalue weighted by molar-refractivity contribution is 0.479. The van der Waals surface area contributed by atoms with E-state index in [1.165, 1.54) is 6.21 Å². The average Bonchev–Trinajstić information content (AvgIpc) is 2.49. The van der Waals surface area contributed by atoms with Gasteiger partial charge in [0.15, 0.2) is 0 Å². The predicted molar refractivity (Wildman–Crippen MR) is 84.7 cm³/mol. The van der Waals surface area contributed by atoms with Gasteiger partial charge in [-0.15, -0.1) is 0 Å². The van der Waals surface area contributed by atoms with Gasteiger partial charge in [-0.1, -0.05) is 30.3 Å². The van der Waals surface area contributed by atoms with Gasteiger partial charge in [0.2, 0.25) is 0 Å². The molecule has 4 nitrogen and oxygen atoms in total. The van der Waals surface area contributed by atoms with Crippen LogP contribution in [0.3, 0.4) is 0 Å². The minimum absolute atomic E-state index is 0.0494. The van der Waals surface area contributed by atoms with Gasteiger partial charge in [-0.25, -0.2) is 0 Å². The number of benzene rings is 2. The number of aryl methyl sites for hydroxylation is 1. The molecular formula is C17H14N2O2. The number of hydrogen-bond acceptors (Lipinski definition) is 3. The van der Waals surface area contributed by atoms with Crippen LogP contribution in [0.2, 0.25) is 0 Å². The molecule has 0 atom stereocenters. The number of aromatic amines is 1. The van der Waals surface area contributed by atoms with Gasteiger partial charge in [-0.05, 0) is 30.7 Å². The zero-order chi connectivity index (χ0) is 14.8. The van der Waals surface area contributed by atoms with Crippen molar-refractivity contribution >= 4 is 22.8 Å². The van der Waals surface area contributed by atoms with Crippen LogP contribution < -0.4 is 5.56 Å². The molecule has 0 amide bonds. The summed E-state index contributed by atoms with van der Waals surface area (Å²) < 4.78 is 0. The molecule has 0 saturated heterocycles.